The van der Waals surface area contributed by atoms with Crippen molar-refractivity contribution >= 4 is 15.9 Å². The van der Waals surface area contributed by atoms with Crippen LogP contribution in [0.5, 0.6) is 0 Å². The first-order valence-electron chi connectivity index (χ1n) is 10.6. The van der Waals surface area contributed by atoms with Crippen LogP contribution in [0.4, 0.5) is 0 Å². The molecule has 7 heteroatoms. The molecule has 1 amide bonds. The lowest BCUT2D eigenvalue weighted by atomic mass is 9.87. The molecule has 160 valence electrons. The number of benzene rings is 2. The maximum absolute atomic E-state index is 12.8. The highest BCUT2D eigenvalue weighted by molar-refractivity contribution is 7.88. The van der Waals surface area contributed by atoms with Crippen LogP contribution in [0.2, 0.25) is 0 Å². The molecule has 2 aliphatic rings. The van der Waals surface area contributed by atoms with E-state index in [1.165, 1.54) is 11.1 Å². The van der Waals surface area contributed by atoms with Crippen LogP contribution in [0.3, 0.4) is 0 Å². The number of nitrogens with one attached hydrogen (secondary N) is 1. The smallest absolute Gasteiger partial charge is 0.251 e. The summed E-state index contributed by atoms with van der Waals surface area (Å²) in [6.07, 6.45) is 3.05. The van der Waals surface area contributed by atoms with Crippen molar-refractivity contribution in [2.24, 2.45) is 0 Å². The highest BCUT2D eigenvalue weighted by atomic mass is 32.2. The lowest BCUT2D eigenvalue weighted by molar-refractivity contribution is 0.0932. The maximum Gasteiger partial charge on any atom is 0.251 e. The van der Waals surface area contributed by atoms with Crippen LogP contribution in [0, 0.1) is 0 Å². The van der Waals surface area contributed by atoms with Crippen LogP contribution in [-0.2, 0) is 22.2 Å². The number of hydrogen-bond donors (Lipinski definition) is 1. The van der Waals surface area contributed by atoms with Gasteiger partial charge in [-0.3, -0.25) is 4.79 Å². The molecule has 0 aromatic heterocycles. The van der Waals surface area contributed by atoms with E-state index in [1.54, 1.807) is 28.6 Å². The maximum atomic E-state index is 12.8. The van der Waals surface area contributed by atoms with Crippen molar-refractivity contribution in [1.82, 2.24) is 14.5 Å². The summed E-state index contributed by atoms with van der Waals surface area (Å²) in [6.45, 7) is 2.57. The van der Waals surface area contributed by atoms with E-state index in [1.807, 2.05) is 19.2 Å². The molecule has 1 heterocycles. The summed E-state index contributed by atoms with van der Waals surface area (Å²) in [5.41, 5.74) is 3.76. The van der Waals surface area contributed by atoms with Gasteiger partial charge in [0.05, 0.1) is 11.8 Å². The number of rotatable bonds is 5. The summed E-state index contributed by atoms with van der Waals surface area (Å²) in [5, 5.41) is 3.14. The predicted molar refractivity (Wildman–Crippen MR) is 118 cm³/mol. The molecule has 0 saturated carbocycles. The van der Waals surface area contributed by atoms with E-state index in [0.717, 1.165) is 32.4 Å². The van der Waals surface area contributed by atoms with Gasteiger partial charge in [0.15, 0.2) is 0 Å². The second-order valence-corrected chi connectivity index (χ2v) is 10.2. The summed E-state index contributed by atoms with van der Waals surface area (Å²) < 4.78 is 26.9. The lowest BCUT2D eigenvalue weighted by Crippen LogP contribution is -2.47. The summed E-state index contributed by atoms with van der Waals surface area (Å²) in [4.78, 5) is 14.9. The Hall–Kier alpha value is -2.22. The molecule has 2 aromatic carbocycles. The molecule has 1 aliphatic carbocycles. The first-order valence-corrected chi connectivity index (χ1v) is 12.2. The molecule has 0 unspecified atom stereocenters. The summed E-state index contributed by atoms with van der Waals surface area (Å²) in [5.74, 6) is -0.153. The Morgan fingerprint density at radius 2 is 1.73 bits per heavy atom. The number of fused-ring (bicyclic) bond motifs is 1. The van der Waals surface area contributed by atoms with Crippen molar-refractivity contribution in [3.8, 4) is 0 Å². The zero-order chi connectivity index (χ0) is 21.1. The molecular formula is C23H29N3O3S. The van der Waals surface area contributed by atoms with Crippen molar-refractivity contribution in [3.63, 3.8) is 0 Å². The zero-order valence-electron chi connectivity index (χ0n) is 17.4. The van der Waals surface area contributed by atoms with E-state index in [4.69, 9.17) is 0 Å². The van der Waals surface area contributed by atoms with Crippen LogP contribution in [0.15, 0.2) is 48.5 Å². The fourth-order valence-corrected chi connectivity index (χ4v) is 5.78. The third kappa shape index (κ3) is 4.74. The number of amides is 1. The number of hydrogen-bond acceptors (Lipinski definition) is 4. The monoisotopic (exact) mass is 427 g/mol. The molecule has 4 rings (SSSR count). The Bertz CT molecular complexity index is 997. The van der Waals surface area contributed by atoms with Gasteiger partial charge >= 0.3 is 0 Å². The van der Waals surface area contributed by atoms with Gasteiger partial charge in [-0.25, -0.2) is 8.42 Å². The molecule has 1 N–H and O–H groups in total. The van der Waals surface area contributed by atoms with Crippen LogP contribution in [0.25, 0.3) is 0 Å². The molecule has 1 atom stereocenters. The van der Waals surface area contributed by atoms with Gasteiger partial charge in [-0.1, -0.05) is 36.4 Å². The van der Waals surface area contributed by atoms with Gasteiger partial charge in [0.2, 0.25) is 10.0 Å². The van der Waals surface area contributed by atoms with Gasteiger partial charge in [-0.05, 0) is 55.1 Å². The van der Waals surface area contributed by atoms with Crippen molar-refractivity contribution in [3.05, 3.63) is 70.8 Å². The molecule has 0 radical (unpaired) electrons. The van der Waals surface area contributed by atoms with Crippen LogP contribution >= 0.6 is 0 Å². The van der Waals surface area contributed by atoms with E-state index < -0.39 is 10.0 Å². The second-order valence-electron chi connectivity index (χ2n) is 8.27. The third-order valence-corrected chi connectivity index (χ3v) is 7.95. The van der Waals surface area contributed by atoms with Crippen molar-refractivity contribution in [2.75, 3.05) is 33.2 Å². The molecule has 1 aliphatic heterocycles. The third-order valence-electron chi connectivity index (χ3n) is 6.10. The number of nitrogens with zero attached hydrogens (tertiary/aromatic N) is 2. The average Bonchev–Trinajstić information content (AvgIpc) is 2.74. The SMILES string of the molecule is CN1CCN(S(=O)(=O)Cc2ccc(C(=O)N[C@H]3CCCc4ccccc43)cc2)CC1. The Morgan fingerprint density at radius 1 is 1.03 bits per heavy atom. The summed E-state index contributed by atoms with van der Waals surface area (Å²) in [6, 6.07) is 15.2. The molecule has 1 fully saturated rings. The minimum absolute atomic E-state index is 0.0275. The Labute approximate surface area is 178 Å². The van der Waals surface area contributed by atoms with Crippen LogP contribution < -0.4 is 5.32 Å². The first kappa shape index (κ1) is 21.0. The van der Waals surface area contributed by atoms with E-state index >= 15 is 0 Å². The lowest BCUT2D eigenvalue weighted by Gasteiger charge is -2.31. The number of aryl methyl sites for hydroxylation is 1. The Kier molecular flexibility index (Phi) is 6.22. The number of sulfonamides is 1. The Balaban J connectivity index is 1.39. The highest BCUT2D eigenvalue weighted by Gasteiger charge is 2.26. The standard InChI is InChI=1S/C23H29N3O3S/c1-25-13-15-26(16-14-25)30(28,29)17-18-9-11-20(12-10-18)23(27)24-22-8-4-6-19-5-2-3-7-21(19)22/h2-3,5,7,9-12,22H,4,6,8,13-17H2,1H3,(H,24,27)/t22-/m0/s1. The largest absolute Gasteiger partial charge is 0.345 e. The highest BCUT2D eigenvalue weighted by Crippen LogP contribution is 2.29. The molecule has 30 heavy (non-hydrogen) atoms. The van der Waals surface area contributed by atoms with Gasteiger partial charge in [0.25, 0.3) is 5.91 Å². The van der Waals surface area contributed by atoms with Crippen molar-refractivity contribution in [1.29, 1.82) is 0 Å². The first-order chi connectivity index (χ1) is 14.4. The van der Waals surface area contributed by atoms with Crippen molar-refractivity contribution in [2.45, 2.75) is 31.1 Å². The van der Waals surface area contributed by atoms with Gasteiger partial charge < -0.3 is 10.2 Å². The number of likely N-dealkylation sites (N-methyl/N-ethyl adjacent to an activating group) is 1. The second kappa shape index (κ2) is 8.88. The number of carbonyl (C=O) groups excluding carboxylic acids is 1. The quantitative estimate of drug-likeness (QED) is 0.796. The van der Waals surface area contributed by atoms with Gasteiger partial charge in [-0.15, -0.1) is 0 Å². The topological polar surface area (TPSA) is 69.7 Å². The number of carbonyl (C=O) groups is 1. The van der Waals surface area contributed by atoms with Gasteiger partial charge in [0.1, 0.15) is 0 Å². The normalized spacial score (nSPS) is 20.5. The summed E-state index contributed by atoms with van der Waals surface area (Å²) >= 11 is 0. The fraction of sp³-hybridized carbons (Fsp3) is 0.435. The number of piperazine rings is 1. The molecule has 2 aromatic rings. The summed E-state index contributed by atoms with van der Waals surface area (Å²) in [7, 11) is -1.34. The van der Waals surface area contributed by atoms with Gasteiger partial charge in [-0.2, -0.15) is 4.31 Å². The predicted octanol–water partition coefficient (Wildman–Crippen LogP) is 2.57. The van der Waals surface area contributed by atoms with Crippen LogP contribution in [0.1, 0.15) is 45.9 Å². The molecule has 1 saturated heterocycles. The fourth-order valence-electron chi connectivity index (χ4n) is 4.27. The van der Waals surface area contributed by atoms with E-state index in [2.05, 4.69) is 22.3 Å². The van der Waals surface area contributed by atoms with E-state index in [0.29, 0.717) is 24.2 Å². The molecular weight excluding hydrogens is 398 g/mol. The van der Waals surface area contributed by atoms with E-state index in [-0.39, 0.29) is 17.7 Å². The van der Waals surface area contributed by atoms with Crippen LogP contribution in [-0.4, -0.2) is 56.8 Å². The van der Waals surface area contributed by atoms with E-state index in [9.17, 15) is 13.2 Å². The minimum Gasteiger partial charge on any atom is -0.345 e. The minimum atomic E-state index is -3.34. The molecule has 0 bridgehead atoms. The molecule has 0 spiro atoms. The van der Waals surface area contributed by atoms with Gasteiger partial charge in [0, 0.05) is 31.7 Å². The Morgan fingerprint density at radius 3 is 2.47 bits per heavy atom. The zero-order valence-corrected chi connectivity index (χ0v) is 18.2. The average molecular weight is 428 g/mol. The molecule has 6 nitrogen and oxygen atoms in total. The van der Waals surface area contributed by atoms with Crippen molar-refractivity contribution < 1.29 is 13.2 Å².